The molecule has 0 spiro atoms. The molecule has 12 rings (SSSR count). The van der Waals surface area contributed by atoms with Gasteiger partial charge in [-0.15, -0.1) is 0 Å². The molecule has 0 saturated heterocycles. The fourth-order valence-electron chi connectivity index (χ4n) is 8.95. The second-order valence-electron chi connectivity index (χ2n) is 21.4. The van der Waals surface area contributed by atoms with Crippen molar-refractivity contribution in [2.45, 2.75) is 94.4 Å². The van der Waals surface area contributed by atoms with Crippen molar-refractivity contribution >= 4 is 21.5 Å². The predicted octanol–water partition coefficient (Wildman–Crippen LogP) is 23.5. The molecule has 82 heavy (non-hydrogen) atoms. The van der Waals surface area contributed by atoms with Gasteiger partial charge in [-0.3, -0.25) is 0 Å². The third kappa shape index (κ3) is 24.3. The van der Waals surface area contributed by atoms with Crippen LogP contribution in [0.2, 0.25) is 0 Å². The normalized spacial score (nSPS) is 9.91. The van der Waals surface area contributed by atoms with Gasteiger partial charge in [0.15, 0.2) is 0 Å². The molecule has 0 heteroatoms. The van der Waals surface area contributed by atoms with Gasteiger partial charge in [0.1, 0.15) is 0 Å². The SMILES string of the molecule is CC(C)c1ccccc1C(C)C.Cc1ccc2ccccc2c1.Cc1cccc(C)c1.Cc1cccc2ccccc12.Cc1ccccc1.Cc1ccccc1C.c1ccc(-c2ccccc2)cc1.c1ccc(Cc2ccccc2)cc1. The van der Waals surface area contributed by atoms with Gasteiger partial charge in [0.25, 0.3) is 0 Å². The topological polar surface area (TPSA) is 0 Å². The number of rotatable bonds is 5. The van der Waals surface area contributed by atoms with Gasteiger partial charge in [-0.25, -0.2) is 0 Å². The van der Waals surface area contributed by atoms with Crippen molar-refractivity contribution in [1.29, 1.82) is 0 Å². The van der Waals surface area contributed by atoms with E-state index in [2.05, 4.69) is 355 Å². The summed E-state index contributed by atoms with van der Waals surface area (Å²) >= 11 is 0. The second-order valence-corrected chi connectivity index (χ2v) is 21.4. The summed E-state index contributed by atoms with van der Waals surface area (Å²) in [4.78, 5) is 0. The van der Waals surface area contributed by atoms with Crippen LogP contribution in [0.1, 0.15) is 101 Å². The number of fused-ring (bicyclic) bond motifs is 2. The van der Waals surface area contributed by atoms with E-state index in [0.717, 1.165) is 6.42 Å². The van der Waals surface area contributed by atoms with E-state index in [1.165, 1.54) is 93.9 Å². The zero-order chi connectivity index (χ0) is 58.7. The van der Waals surface area contributed by atoms with Crippen LogP contribution in [0, 0.1) is 48.5 Å². The predicted molar refractivity (Wildman–Crippen MR) is 363 cm³/mol. The zero-order valence-electron chi connectivity index (χ0n) is 50.8. The standard InChI is InChI=1S/C13H12.C12H10.C12H18.2C11H10.2C8H10.C7H8/c1-3-7-12(8-4-1)11-13-9-5-2-6-10-13;1-3-7-11(8-4-1)12-9-5-2-6-10-12;1-9(2)11-7-5-6-8-12(11)10(3)4;1-9-5-4-7-10-6-2-3-8-11(9)10;1-9-6-7-10-4-2-3-5-11(10)8-9;1-7-4-3-5-8(2)6-7;1-7-5-3-4-6-8(7)2;1-7-5-3-2-4-6-7/h1-10H,11H2;1-10H;5-10H,1-4H3;2*2-8H,1H3;2*3-6H,1-2H3;2-6H,1H3. The number of hydrogen-bond donors (Lipinski definition) is 0. The van der Waals surface area contributed by atoms with E-state index in [1.807, 2.05) is 30.3 Å². The van der Waals surface area contributed by atoms with E-state index < -0.39 is 0 Å². The lowest BCUT2D eigenvalue weighted by molar-refractivity contribution is 0.790. The van der Waals surface area contributed by atoms with Gasteiger partial charge < -0.3 is 0 Å². The highest BCUT2D eigenvalue weighted by atomic mass is 14.1. The van der Waals surface area contributed by atoms with Crippen LogP contribution in [-0.2, 0) is 6.42 Å². The Kier molecular flexibility index (Phi) is 28.4. The molecule has 0 aliphatic carbocycles. The largest absolute Gasteiger partial charge is 0.0622 e. The number of benzene rings is 12. The molecule has 0 nitrogen and oxygen atoms in total. The monoisotopic (exact) mass is 1070 g/mol. The van der Waals surface area contributed by atoms with Gasteiger partial charge in [0.05, 0.1) is 0 Å². The summed E-state index contributed by atoms with van der Waals surface area (Å²) in [6.45, 7) is 23.8. The molecule has 0 aliphatic heterocycles. The molecular weight excluding hydrogens is 985 g/mol. The quantitative estimate of drug-likeness (QED) is 0.161. The molecule has 0 unspecified atom stereocenters. The summed E-state index contributed by atoms with van der Waals surface area (Å²) in [5.74, 6) is 1.28. The molecule has 0 fully saturated rings. The number of aryl methyl sites for hydroxylation is 7. The van der Waals surface area contributed by atoms with Crippen LogP contribution >= 0.6 is 0 Å². The van der Waals surface area contributed by atoms with Gasteiger partial charge in [-0.1, -0.05) is 359 Å². The molecule has 12 aromatic rings. The molecule has 0 radical (unpaired) electrons. The first kappa shape index (κ1) is 64.0. The first-order valence-electron chi connectivity index (χ1n) is 29.0. The molecule has 0 saturated carbocycles. The maximum absolute atomic E-state index is 2.25. The molecular formula is C82H88. The van der Waals surface area contributed by atoms with Crippen molar-refractivity contribution in [3.8, 4) is 11.1 Å². The minimum Gasteiger partial charge on any atom is -0.0622 e. The first-order chi connectivity index (χ1) is 39.8. The Bertz CT molecular complexity index is 3440. The molecule has 12 aromatic carbocycles. The summed E-state index contributed by atoms with van der Waals surface area (Å²) in [6.07, 6.45) is 1.03. The fraction of sp³-hybridized carbons (Fsp3) is 0.171. The lowest BCUT2D eigenvalue weighted by atomic mass is 9.91. The van der Waals surface area contributed by atoms with E-state index in [-0.39, 0.29) is 0 Å². The first-order valence-corrected chi connectivity index (χ1v) is 29.0. The number of hydrogen-bond acceptors (Lipinski definition) is 0. The van der Waals surface area contributed by atoms with E-state index in [0.29, 0.717) is 11.8 Å². The van der Waals surface area contributed by atoms with E-state index in [1.54, 1.807) is 0 Å². The average Bonchev–Trinajstić information content (AvgIpc) is 3.59. The van der Waals surface area contributed by atoms with Gasteiger partial charge in [-0.05, 0) is 138 Å². The van der Waals surface area contributed by atoms with Crippen molar-refractivity contribution in [2.75, 3.05) is 0 Å². The highest BCUT2D eigenvalue weighted by Gasteiger charge is 2.07. The van der Waals surface area contributed by atoms with Crippen LogP contribution in [0.5, 0.6) is 0 Å². The van der Waals surface area contributed by atoms with Crippen LogP contribution in [0.15, 0.2) is 309 Å². The van der Waals surface area contributed by atoms with E-state index >= 15 is 0 Å². The Labute approximate surface area is 494 Å². The maximum atomic E-state index is 2.25. The Balaban J connectivity index is 0.000000173. The smallest absolute Gasteiger partial charge is 0.00258 e. The highest BCUT2D eigenvalue weighted by molar-refractivity contribution is 5.85. The summed E-state index contributed by atoms with van der Waals surface area (Å²) in [7, 11) is 0. The Morgan fingerprint density at radius 3 is 0.963 bits per heavy atom. The zero-order valence-corrected chi connectivity index (χ0v) is 50.8. The van der Waals surface area contributed by atoms with Crippen molar-refractivity contribution < 1.29 is 0 Å². The Hall–Kier alpha value is -8.84. The Morgan fingerprint density at radius 1 is 0.232 bits per heavy atom. The van der Waals surface area contributed by atoms with Crippen LogP contribution in [-0.4, -0.2) is 0 Å². The lowest BCUT2D eigenvalue weighted by Gasteiger charge is -2.14. The molecule has 0 N–H and O–H groups in total. The summed E-state index contributed by atoms with van der Waals surface area (Å²) < 4.78 is 0. The molecule has 416 valence electrons. The molecule has 0 aliphatic rings. The second kappa shape index (κ2) is 36.4. The highest BCUT2D eigenvalue weighted by Crippen LogP contribution is 2.25. The van der Waals surface area contributed by atoms with E-state index in [9.17, 15) is 0 Å². The maximum Gasteiger partial charge on any atom is -0.00258 e. The van der Waals surface area contributed by atoms with Crippen LogP contribution in [0.25, 0.3) is 32.7 Å². The molecule has 0 aromatic heterocycles. The van der Waals surface area contributed by atoms with Crippen LogP contribution < -0.4 is 0 Å². The minimum absolute atomic E-state index is 0.642. The Morgan fingerprint density at radius 2 is 0.561 bits per heavy atom. The summed E-state index contributed by atoms with van der Waals surface area (Å²) in [6, 6.07) is 107. The van der Waals surface area contributed by atoms with Crippen LogP contribution in [0.4, 0.5) is 0 Å². The molecule has 0 bridgehead atoms. The molecule has 0 amide bonds. The third-order valence-electron chi connectivity index (χ3n) is 13.7. The molecule has 0 atom stereocenters. The molecule has 0 heterocycles. The van der Waals surface area contributed by atoms with Gasteiger partial charge in [0, 0.05) is 0 Å². The minimum atomic E-state index is 0.642. The van der Waals surface area contributed by atoms with Gasteiger partial charge >= 0.3 is 0 Å². The third-order valence-corrected chi connectivity index (χ3v) is 13.7. The van der Waals surface area contributed by atoms with Crippen molar-refractivity contribution in [1.82, 2.24) is 0 Å². The average molecular weight is 1070 g/mol. The van der Waals surface area contributed by atoms with Crippen molar-refractivity contribution in [3.63, 3.8) is 0 Å². The fourth-order valence-corrected chi connectivity index (χ4v) is 8.95. The van der Waals surface area contributed by atoms with E-state index in [4.69, 9.17) is 0 Å². The van der Waals surface area contributed by atoms with Gasteiger partial charge in [-0.2, -0.15) is 0 Å². The van der Waals surface area contributed by atoms with Gasteiger partial charge in [0.2, 0.25) is 0 Å². The summed E-state index contributed by atoms with van der Waals surface area (Å²) in [5, 5.41) is 5.33. The lowest BCUT2D eigenvalue weighted by Crippen LogP contribution is -1.97. The van der Waals surface area contributed by atoms with Crippen molar-refractivity contribution in [3.05, 3.63) is 371 Å². The van der Waals surface area contributed by atoms with Crippen molar-refractivity contribution in [2.24, 2.45) is 0 Å². The van der Waals surface area contributed by atoms with Crippen LogP contribution in [0.3, 0.4) is 0 Å². The summed E-state index contributed by atoms with van der Waals surface area (Å²) in [5.41, 5.74) is 17.7.